The highest BCUT2D eigenvalue weighted by Crippen LogP contribution is 2.33. The third-order valence-corrected chi connectivity index (χ3v) is 7.06. The van der Waals surface area contributed by atoms with Gasteiger partial charge in [0.05, 0.1) is 26.5 Å². The van der Waals surface area contributed by atoms with E-state index in [2.05, 4.69) is 21.0 Å². The molecule has 0 spiro atoms. The molecule has 11 heteroatoms. The molecule has 0 fully saturated rings. The predicted octanol–water partition coefficient (Wildman–Crippen LogP) is 7.60. The van der Waals surface area contributed by atoms with E-state index in [1.165, 1.54) is 23.0 Å². The number of hydrogen-bond acceptors (Lipinski definition) is 7. The first-order chi connectivity index (χ1) is 19.9. The van der Waals surface area contributed by atoms with Crippen LogP contribution in [0.2, 0.25) is 5.02 Å². The van der Waals surface area contributed by atoms with Crippen LogP contribution in [0.15, 0.2) is 110 Å². The van der Waals surface area contributed by atoms with Crippen molar-refractivity contribution in [1.82, 2.24) is 9.66 Å². The summed E-state index contributed by atoms with van der Waals surface area (Å²) in [5.41, 5.74) is 1.80. The summed E-state index contributed by atoms with van der Waals surface area (Å²) in [7, 11) is 0. The van der Waals surface area contributed by atoms with Crippen molar-refractivity contribution < 1.29 is 14.1 Å². The van der Waals surface area contributed by atoms with E-state index in [0.717, 1.165) is 5.39 Å². The molecule has 0 aliphatic heterocycles. The van der Waals surface area contributed by atoms with Crippen LogP contribution < -0.4 is 10.3 Å². The Morgan fingerprint density at radius 1 is 1.05 bits per heavy atom. The van der Waals surface area contributed by atoms with Crippen molar-refractivity contribution in [2.75, 3.05) is 0 Å². The minimum atomic E-state index is -0.464. The molecular weight excluding hydrogens is 612 g/mol. The number of nitro benzene ring substituents is 1. The Labute approximate surface area is 245 Å². The number of benzene rings is 4. The van der Waals surface area contributed by atoms with Gasteiger partial charge in [-0.25, -0.2) is 4.98 Å². The highest BCUT2D eigenvalue weighted by Gasteiger charge is 2.17. The third kappa shape index (κ3) is 5.34. The van der Waals surface area contributed by atoms with E-state index in [9.17, 15) is 14.9 Å². The molecule has 6 rings (SSSR count). The summed E-state index contributed by atoms with van der Waals surface area (Å²) < 4.78 is 13.8. The number of furan rings is 1. The first kappa shape index (κ1) is 26.4. The first-order valence-corrected chi connectivity index (χ1v) is 13.4. The summed E-state index contributed by atoms with van der Waals surface area (Å²) >= 11 is 9.82. The third-order valence-electron chi connectivity index (χ3n) is 6.25. The molecule has 0 bridgehead atoms. The van der Waals surface area contributed by atoms with Crippen molar-refractivity contribution >= 4 is 61.3 Å². The van der Waals surface area contributed by atoms with E-state index in [1.54, 1.807) is 48.5 Å². The monoisotopic (exact) mass is 628 g/mol. The molecule has 41 heavy (non-hydrogen) atoms. The lowest BCUT2D eigenvalue weighted by Crippen LogP contribution is -2.20. The Morgan fingerprint density at radius 2 is 1.85 bits per heavy atom. The van der Waals surface area contributed by atoms with Gasteiger partial charge in [-0.05, 0) is 57.9 Å². The molecule has 0 unspecified atom stereocenters. The summed E-state index contributed by atoms with van der Waals surface area (Å²) in [6.45, 7) is 0.0461. The van der Waals surface area contributed by atoms with Crippen molar-refractivity contribution in [2.45, 2.75) is 6.61 Å². The maximum atomic E-state index is 13.6. The SMILES string of the molecule is O=c1c2ccccc2nc(-c2cc3ccccc3o2)n1N=Cc1cc(Cl)cc(Br)c1OCc1cccc([N+](=O)[O-])c1. The van der Waals surface area contributed by atoms with Crippen molar-refractivity contribution in [1.29, 1.82) is 0 Å². The number of non-ortho nitro benzene ring substituents is 1. The molecule has 0 aliphatic carbocycles. The smallest absolute Gasteiger partial charge is 0.282 e. The average Bonchev–Trinajstić information content (AvgIpc) is 3.40. The van der Waals surface area contributed by atoms with Crippen LogP contribution in [0.3, 0.4) is 0 Å². The fourth-order valence-electron chi connectivity index (χ4n) is 4.35. The number of hydrogen-bond donors (Lipinski definition) is 0. The summed E-state index contributed by atoms with van der Waals surface area (Å²) in [6, 6.07) is 25.8. The van der Waals surface area contributed by atoms with Crippen LogP contribution in [0, 0.1) is 10.1 Å². The minimum Gasteiger partial charge on any atom is -0.487 e. The number of nitrogens with zero attached hydrogens (tertiary/aromatic N) is 4. The predicted molar refractivity (Wildman–Crippen MR) is 161 cm³/mol. The summed E-state index contributed by atoms with van der Waals surface area (Å²) in [6.07, 6.45) is 1.45. The molecule has 0 saturated heterocycles. The van der Waals surface area contributed by atoms with Gasteiger partial charge in [0.25, 0.3) is 11.2 Å². The molecule has 202 valence electrons. The van der Waals surface area contributed by atoms with Crippen LogP contribution in [0.25, 0.3) is 33.5 Å². The van der Waals surface area contributed by atoms with Crippen LogP contribution in [-0.4, -0.2) is 20.8 Å². The van der Waals surface area contributed by atoms with E-state index in [0.29, 0.717) is 48.6 Å². The number of aromatic nitrogens is 2. The number of rotatable bonds is 7. The Balaban J connectivity index is 1.44. The van der Waals surface area contributed by atoms with Gasteiger partial charge in [-0.2, -0.15) is 9.78 Å². The topological polar surface area (TPSA) is 113 Å². The molecule has 0 atom stereocenters. The zero-order chi connectivity index (χ0) is 28.5. The molecule has 0 saturated carbocycles. The molecule has 0 amide bonds. The average molecular weight is 630 g/mol. The van der Waals surface area contributed by atoms with Gasteiger partial charge >= 0.3 is 0 Å². The maximum Gasteiger partial charge on any atom is 0.282 e. The molecule has 9 nitrogen and oxygen atoms in total. The zero-order valence-electron chi connectivity index (χ0n) is 21.0. The molecule has 0 aliphatic rings. The Kier molecular flexibility index (Phi) is 7.08. The summed E-state index contributed by atoms with van der Waals surface area (Å²) in [5, 5.41) is 17.3. The van der Waals surface area contributed by atoms with E-state index < -0.39 is 4.92 Å². The normalized spacial score (nSPS) is 11.5. The van der Waals surface area contributed by atoms with Crippen molar-refractivity contribution in [3.63, 3.8) is 0 Å². The van der Waals surface area contributed by atoms with Gasteiger partial charge < -0.3 is 9.15 Å². The highest BCUT2D eigenvalue weighted by molar-refractivity contribution is 9.10. The van der Waals surface area contributed by atoms with Crippen molar-refractivity contribution in [2.24, 2.45) is 5.10 Å². The largest absolute Gasteiger partial charge is 0.487 e. The number of para-hydroxylation sites is 2. The number of nitro groups is 1. The highest BCUT2D eigenvalue weighted by atomic mass is 79.9. The van der Waals surface area contributed by atoms with Crippen LogP contribution in [0.1, 0.15) is 11.1 Å². The summed E-state index contributed by atoms with van der Waals surface area (Å²) in [5.74, 6) is 0.985. The lowest BCUT2D eigenvalue weighted by molar-refractivity contribution is -0.384. The number of ether oxygens (including phenoxy) is 1. The van der Waals surface area contributed by atoms with Crippen LogP contribution >= 0.6 is 27.5 Å². The van der Waals surface area contributed by atoms with Crippen LogP contribution in [0.4, 0.5) is 5.69 Å². The first-order valence-electron chi connectivity index (χ1n) is 12.3. The maximum absolute atomic E-state index is 13.6. The molecule has 0 radical (unpaired) electrons. The minimum absolute atomic E-state index is 0.0376. The molecule has 6 aromatic rings. The van der Waals surface area contributed by atoms with Crippen molar-refractivity contribution in [3.8, 4) is 17.3 Å². The van der Waals surface area contributed by atoms with Gasteiger partial charge in [-0.3, -0.25) is 14.9 Å². The number of fused-ring (bicyclic) bond motifs is 2. The van der Waals surface area contributed by atoms with Crippen LogP contribution in [0.5, 0.6) is 5.75 Å². The lowest BCUT2D eigenvalue weighted by Gasteiger charge is -2.12. The molecule has 2 aromatic heterocycles. The molecule has 4 aromatic carbocycles. The summed E-state index contributed by atoms with van der Waals surface area (Å²) in [4.78, 5) is 29.0. The van der Waals surface area contributed by atoms with Crippen molar-refractivity contribution in [3.05, 3.63) is 132 Å². The molecule has 2 heterocycles. The van der Waals surface area contributed by atoms with E-state index in [4.69, 9.17) is 25.7 Å². The number of halogens is 2. The Morgan fingerprint density at radius 3 is 2.68 bits per heavy atom. The fraction of sp³-hybridized carbons (Fsp3) is 0.0333. The van der Waals surface area contributed by atoms with Gasteiger partial charge in [0.1, 0.15) is 17.9 Å². The van der Waals surface area contributed by atoms with E-state index in [-0.39, 0.29) is 23.7 Å². The lowest BCUT2D eigenvalue weighted by atomic mass is 10.2. The second-order valence-electron chi connectivity index (χ2n) is 8.98. The van der Waals surface area contributed by atoms with E-state index >= 15 is 0 Å². The zero-order valence-corrected chi connectivity index (χ0v) is 23.4. The van der Waals surface area contributed by atoms with Gasteiger partial charge in [-0.15, -0.1) is 0 Å². The van der Waals surface area contributed by atoms with Gasteiger partial charge in [-0.1, -0.05) is 54.1 Å². The second-order valence-corrected chi connectivity index (χ2v) is 10.3. The molecular formula is C30H18BrClN4O5. The molecule has 0 N–H and O–H groups in total. The standard InChI is InChI=1S/C30H18BrClN4O5/c31-24-15-21(32)13-20(28(24)40-17-18-6-5-8-22(12-18)36(38)39)16-33-35-29(27-14-19-7-1-4-11-26(19)41-27)34-25-10-3-2-9-23(25)30(35)37/h1-16H,17H2. The second kappa shape index (κ2) is 11.0. The Hall–Kier alpha value is -4.80. The van der Waals surface area contributed by atoms with Gasteiger partial charge in [0.15, 0.2) is 5.76 Å². The quantitative estimate of drug-likeness (QED) is 0.102. The van der Waals surface area contributed by atoms with Crippen LogP contribution in [-0.2, 0) is 6.61 Å². The fourth-order valence-corrected chi connectivity index (χ4v) is 5.29. The van der Waals surface area contributed by atoms with Gasteiger partial charge in [0, 0.05) is 28.1 Å². The van der Waals surface area contributed by atoms with E-state index in [1.807, 2.05) is 30.3 Å². The Bertz CT molecular complexity index is 2020. The van der Waals surface area contributed by atoms with Gasteiger partial charge in [0.2, 0.25) is 5.82 Å².